The number of urea groups is 1. The van der Waals surface area contributed by atoms with E-state index < -0.39 is 29.9 Å². The van der Waals surface area contributed by atoms with E-state index in [0.717, 1.165) is 23.3 Å². The number of carbonyl (C=O) groups excluding carboxylic acids is 4. The highest BCUT2D eigenvalue weighted by molar-refractivity contribution is 6.08. The van der Waals surface area contributed by atoms with Gasteiger partial charge in [-0.1, -0.05) is 30.3 Å². The van der Waals surface area contributed by atoms with Crippen LogP contribution < -0.4 is 16.0 Å². The Morgan fingerprint density at radius 1 is 1.19 bits per heavy atom. The molecule has 1 heterocycles. The van der Waals surface area contributed by atoms with Gasteiger partial charge in [0.15, 0.2) is 0 Å². The van der Waals surface area contributed by atoms with Crippen LogP contribution in [0.4, 0.5) is 4.79 Å². The third-order valence-corrected chi connectivity index (χ3v) is 4.79. The second kappa shape index (κ2) is 7.77. The summed E-state index contributed by atoms with van der Waals surface area (Å²) < 4.78 is 0. The SMILES string of the molecule is C[C@]1(CCc2ccccc2)NC(=O)N(CC(=O)NCC(=O)NC2CC2)C1=O. The Morgan fingerprint density at radius 3 is 2.56 bits per heavy atom. The van der Waals surface area contributed by atoms with Gasteiger partial charge in [0.1, 0.15) is 12.1 Å². The maximum Gasteiger partial charge on any atom is 0.325 e. The number of amides is 5. The molecule has 0 unspecified atom stereocenters. The van der Waals surface area contributed by atoms with Crippen LogP contribution in [-0.2, 0) is 20.8 Å². The first-order valence-electron chi connectivity index (χ1n) is 9.11. The van der Waals surface area contributed by atoms with Gasteiger partial charge >= 0.3 is 6.03 Å². The van der Waals surface area contributed by atoms with Gasteiger partial charge in [0.25, 0.3) is 5.91 Å². The van der Waals surface area contributed by atoms with Gasteiger partial charge in [-0.15, -0.1) is 0 Å². The lowest BCUT2D eigenvalue weighted by Crippen LogP contribution is -2.46. The van der Waals surface area contributed by atoms with Crippen molar-refractivity contribution in [2.24, 2.45) is 0 Å². The van der Waals surface area contributed by atoms with Gasteiger partial charge in [-0.2, -0.15) is 0 Å². The molecule has 27 heavy (non-hydrogen) atoms. The van der Waals surface area contributed by atoms with Gasteiger partial charge in [-0.3, -0.25) is 19.3 Å². The molecule has 3 N–H and O–H groups in total. The summed E-state index contributed by atoms with van der Waals surface area (Å²) in [5.41, 5.74) is 0.0231. The molecule has 0 aromatic heterocycles. The highest BCUT2D eigenvalue weighted by atomic mass is 16.2. The zero-order valence-electron chi connectivity index (χ0n) is 15.3. The lowest BCUT2D eigenvalue weighted by molar-refractivity contribution is -0.135. The highest BCUT2D eigenvalue weighted by Crippen LogP contribution is 2.23. The number of nitrogens with zero attached hydrogens (tertiary/aromatic N) is 1. The molecule has 1 aromatic carbocycles. The molecule has 5 amide bonds. The topological polar surface area (TPSA) is 108 Å². The molecule has 1 saturated heterocycles. The van der Waals surface area contributed by atoms with Crippen LogP contribution in [0.25, 0.3) is 0 Å². The van der Waals surface area contributed by atoms with Crippen molar-refractivity contribution in [2.75, 3.05) is 13.1 Å². The molecule has 8 nitrogen and oxygen atoms in total. The smallest absolute Gasteiger partial charge is 0.325 e. The first kappa shape index (κ1) is 18.9. The minimum atomic E-state index is -1.05. The molecule has 2 fully saturated rings. The molecule has 1 aliphatic heterocycles. The number of imide groups is 1. The van der Waals surface area contributed by atoms with Crippen molar-refractivity contribution in [2.45, 2.75) is 44.2 Å². The number of hydrogen-bond donors (Lipinski definition) is 3. The number of benzene rings is 1. The van der Waals surface area contributed by atoms with Crippen molar-refractivity contribution in [3.63, 3.8) is 0 Å². The predicted molar refractivity (Wildman–Crippen MR) is 97.6 cm³/mol. The standard InChI is InChI=1S/C19H24N4O4/c1-19(10-9-13-5-3-2-4-6-13)17(26)23(18(27)22-19)12-16(25)20-11-15(24)21-14-7-8-14/h2-6,14H,7-12H2,1H3,(H,20,25)(H,21,24)(H,22,27)/t19-/m1/s1. The average Bonchev–Trinajstić information content (AvgIpc) is 3.43. The van der Waals surface area contributed by atoms with Crippen molar-refractivity contribution in [1.82, 2.24) is 20.9 Å². The number of rotatable bonds is 8. The Kier molecular flexibility index (Phi) is 5.43. The van der Waals surface area contributed by atoms with E-state index in [-0.39, 0.29) is 18.5 Å². The monoisotopic (exact) mass is 372 g/mol. The summed E-state index contributed by atoms with van der Waals surface area (Å²) in [6.07, 6.45) is 2.99. The van der Waals surface area contributed by atoms with Crippen molar-refractivity contribution in [3.8, 4) is 0 Å². The normalized spacial score (nSPS) is 21.7. The van der Waals surface area contributed by atoms with Crippen LogP contribution in [0.1, 0.15) is 31.7 Å². The molecule has 1 aromatic rings. The lowest BCUT2D eigenvalue weighted by Gasteiger charge is -2.21. The molecular weight excluding hydrogens is 348 g/mol. The zero-order chi connectivity index (χ0) is 19.4. The molecule has 1 aliphatic carbocycles. The fraction of sp³-hybridized carbons (Fsp3) is 0.474. The summed E-state index contributed by atoms with van der Waals surface area (Å²) in [5, 5.41) is 7.88. The van der Waals surface area contributed by atoms with Gasteiger partial charge in [-0.25, -0.2) is 4.79 Å². The van der Waals surface area contributed by atoms with Crippen LogP contribution in [0.5, 0.6) is 0 Å². The third-order valence-electron chi connectivity index (χ3n) is 4.79. The van der Waals surface area contributed by atoms with Crippen LogP contribution >= 0.6 is 0 Å². The predicted octanol–water partition coefficient (Wildman–Crippen LogP) is 0.325. The molecule has 0 bridgehead atoms. The van der Waals surface area contributed by atoms with Crippen LogP contribution in [0.15, 0.2) is 30.3 Å². The second-order valence-corrected chi connectivity index (χ2v) is 7.26. The number of aryl methyl sites for hydroxylation is 1. The average molecular weight is 372 g/mol. The Hall–Kier alpha value is -2.90. The number of carbonyl (C=O) groups is 4. The van der Waals surface area contributed by atoms with Gasteiger partial charge in [0.05, 0.1) is 6.54 Å². The summed E-state index contributed by atoms with van der Waals surface area (Å²) in [6.45, 7) is 1.10. The Balaban J connectivity index is 1.50. The van der Waals surface area contributed by atoms with E-state index in [1.165, 1.54) is 0 Å². The van der Waals surface area contributed by atoms with Crippen molar-refractivity contribution < 1.29 is 19.2 Å². The maximum atomic E-state index is 12.7. The lowest BCUT2D eigenvalue weighted by atomic mass is 9.93. The van der Waals surface area contributed by atoms with Gasteiger partial charge in [-0.05, 0) is 38.2 Å². The molecule has 8 heteroatoms. The molecule has 1 saturated carbocycles. The number of hydrogen-bond acceptors (Lipinski definition) is 4. The van der Waals surface area contributed by atoms with E-state index in [2.05, 4.69) is 16.0 Å². The minimum absolute atomic E-state index is 0.162. The summed E-state index contributed by atoms with van der Waals surface area (Å²) in [7, 11) is 0. The van der Waals surface area contributed by atoms with Crippen molar-refractivity contribution in [1.29, 1.82) is 0 Å². The van der Waals surface area contributed by atoms with Crippen LogP contribution in [-0.4, -0.2) is 53.3 Å². The summed E-state index contributed by atoms with van der Waals surface area (Å²) in [4.78, 5) is 49.4. The van der Waals surface area contributed by atoms with E-state index in [1.807, 2.05) is 30.3 Å². The third kappa shape index (κ3) is 4.84. The molecule has 1 atom stereocenters. The molecular formula is C19H24N4O4. The van der Waals surface area contributed by atoms with Crippen LogP contribution in [0, 0.1) is 0 Å². The highest BCUT2D eigenvalue weighted by Gasteiger charge is 2.47. The number of nitrogens with one attached hydrogen (secondary N) is 3. The van der Waals surface area contributed by atoms with E-state index in [4.69, 9.17) is 0 Å². The Bertz CT molecular complexity index is 747. The van der Waals surface area contributed by atoms with E-state index >= 15 is 0 Å². The molecule has 2 aliphatic rings. The van der Waals surface area contributed by atoms with Crippen LogP contribution in [0.2, 0.25) is 0 Å². The largest absolute Gasteiger partial charge is 0.352 e. The molecule has 3 rings (SSSR count). The maximum absolute atomic E-state index is 12.7. The molecule has 144 valence electrons. The summed E-state index contributed by atoms with van der Waals surface area (Å²) >= 11 is 0. The molecule has 0 radical (unpaired) electrons. The fourth-order valence-corrected chi connectivity index (χ4v) is 2.98. The van der Waals surface area contributed by atoms with Gasteiger partial charge in [0.2, 0.25) is 11.8 Å². The van der Waals surface area contributed by atoms with Crippen molar-refractivity contribution in [3.05, 3.63) is 35.9 Å². The first-order valence-corrected chi connectivity index (χ1v) is 9.11. The Morgan fingerprint density at radius 2 is 1.89 bits per heavy atom. The Labute approximate surface area is 157 Å². The fourth-order valence-electron chi connectivity index (χ4n) is 2.98. The van der Waals surface area contributed by atoms with Crippen LogP contribution in [0.3, 0.4) is 0 Å². The first-order chi connectivity index (χ1) is 12.9. The minimum Gasteiger partial charge on any atom is -0.352 e. The summed E-state index contributed by atoms with van der Waals surface area (Å²) in [6, 6.07) is 9.30. The second-order valence-electron chi connectivity index (χ2n) is 7.26. The van der Waals surface area contributed by atoms with Gasteiger partial charge in [0, 0.05) is 6.04 Å². The van der Waals surface area contributed by atoms with E-state index in [9.17, 15) is 19.2 Å². The van der Waals surface area contributed by atoms with Crippen molar-refractivity contribution >= 4 is 23.8 Å². The summed E-state index contributed by atoms with van der Waals surface area (Å²) in [5.74, 6) is -1.24. The van der Waals surface area contributed by atoms with Gasteiger partial charge < -0.3 is 16.0 Å². The quantitative estimate of drug-likeness (QED) is 0.571. The van der Waals surface area contributed by atoms with E-state index in [1.54, 1.807) is 6.92 Å². The van der Waals surface area contributed by atoms with E-state index in [0.29, 0.717) is 12.8 Å². The zero-order valence-corrected chi connectivity index (χ0v) is 15.3. The molecule has 0 spiro atoms.